The van der Waals surface area contributed by atoms with E-state index < -0.39 is 5.25 Å². The summed E-state index contributed by atoms with van der Waals surface area (Å²) < 4.78 is 1.77. The van der Waals surface area contributed by atoms with Crippen LogP contribution in [0.1, 0.15) is 62.1 Å². The maximum absolute atomic E-state index is 13.7. The van der Waals surface area contributed by atoms with Crippen LogP contribution in [0.3, 0.4) is 0 Å². The third-order valence-electron chi connectivity index (χ3n) is 8.54. The zero-order valence-electron chi connectivity index (χ0n) is 24.4. The van der Waals surface area contributed by atoms with E-state index in [1.165, 1.54) is 0 Å². The molecule has 10 heteroatoms. The van der Waals surface area contributed by atoms with Gasteiger partial charge in [0.25, 0.3) is 0 Å². The zero-order valence-corrected chi connectivity index (χ0v) is 25.2. The van der Waals surface area contributed by atoms with Crippen molar-refractivity contribution in [2.45, 2.75) is 63.1 Å². The fourth-order valence-electron chi connectivity index (χ4n) is 6.14. The molecular weight excluding hydrogens is 548 g/mol. The molecule has 0 bridgehead atoms. The van der Waals surface area contributed by atoms with Crippen LogP contribution in [-0.4, -0.2) is 66.2 Å². The first-order valence-corrected chi connectivity index (χ1v) is 15.8. The summed E-state index contributed by atoms with van der Waals surface area (Å²) in [5.41, 5.74) is 4.83. The fraction of sp³-hybridized carbons (Fsp3) is 0.438. The van der Waals surface area contributed by atoms with E-state index in [0.29, 0.717) is 38.4 Å². The number of benzene rings is 2. The van der Waals surface area contributed by atoms with Crippen LogP contribution in [0.25, 0.3) is 22.2 Å². The Morgan fingerprint density at radius 2 is 1.88 bits per heavy atom. The Kier molecular flexibility index (Phi) is 7.98. The Morgan fingerprint density at radius 3 is 2.62 bits per heavy atom. The van der Waals surface area contributed by atoms with E-state index in [4.69, 9.17) is 0 Å². The molecule has 2 amide bonds. The Morgan fingerprint density at radius 1 is 1.12 bits per heavy atom. The number of amides is 2. The lowest BCUT2D eigenvalue weighted by Gasteiger charge is -2.32. The summed E-state index contributed by atoms with van der Waals surface area (Å²) in [5, 5.41) is 7.74. The highest BCUT2D eigenvalue weighted by Crippen LogP contribution is 2.45. The topological polar surface area (TPSA) is 107 Å². The average molecular weight is 587 g/mol. The molecule has 2 unspecified atom stereocenters. The number of aryl methyl sites for hydroxylation is 1. The third-order valence-corrected chi connectivity index (χ3v) is 10.0. The Hall–Kier alpha value is -3.79. The number of hydrogen-bond donors (Lipinski definition) is 2. The second-order valence-electron chi connectivity index (χ2n) is 11.9. The summed E-state index contributed by atoms with van der Waals surface area (Å²) in [6.45, 7) is 8.20. The van der Waals surface area contributed by atoms with E-state index in [1.807, 2.05) is 52.5 Å². The summed E-state index contributed by atoms with van der Waals surface area (Å²) in [4.78, 5) is 46.7. The minimum Gasteiger partial charge on any atom is -0.342 e. The van der Waals surface area contributed by atoms with Crippen LogP contribution in [0.4, 0.5) is 0 Å². The lowest BCUT2D eigenvalue weighted by atomic mass is 10.0. The summed E-state index contributed by atoms with van der Waals surface area (Å²) in [7, 11) is 0. The highest BCUT2D eigenvalue weighted by Gasteiger charge is 2.42. The van der Waals surface area contributed by atoms with Crippen molar-refractivity contribution >= 4 is 34.5 Å². The van der Waals surface area contributed by atoms with Gasteiger partial charge in [0.05, 0.1) is 22.7 Å². The van der Waals surface area contributed by atoms with Gasteiger partial charge in [0.2, 0.25) is 11.8 Å². The summed E-state index contributed by atoms with van der Waals surface area (Å²) in [6, 6.07) is 14.1. The van der Waals surface area contributed by atoms with Crippen molar-refractivity contribution in [1.82, 2.24) is 29.5 Å². The molecule has 2 fully saturated rings. The number of aromatic amines is 2. The lowest BCUT2D eigenvalue weighted by Crippen LogP contribution is -2.42. The average Bonchev–Trinajstić information content (AvgIpc) is 3.70. The molecule has 0 saturated carbocycles. The molecule has 2 aromatic heterocycles. The lowest BCUT2D eigenvalue weighted by molar-refractivity contribution is -0.136. The van der Waals surface area contributed by atoms with Crippen molar-refractivity contribution in [3.05, 3.63) is 76.5 Å². The number of thioether (sulfide) groups is 1. The maximum Gasteiger partial charge on any atom is 0.326 e. The van der Waals surface area contributed by atoms with Crippen molar-refractivity contribution in [3.8, 4) is 11.3 Å². The minimum absolute atomic E-state index is 0.0108. The van der Waals surface area contributed by atoms with Crippen LogP contribution in [-0.2, 0) is 9.59 Å². The molecule has 9 nitrogen and oxygen atoms in total. The number of nitrogens with one attached hydrogen (secondary N) is 2. The van der Waals surface area contributed by atoms with Gasteiger partial charge < -0.3 is 14.8 Å². The van der Waals surface area contributed by atoms with Crippen molar-refractivity contribution in [2.75, 3.05) is 19.6 Å². The van der Waals surface area contributed by atoms with Crippen molar-refractivity contribution in [3.63, 3.8) is 0 Å². The number of carbonyl (C=O) groups is 2. The minimum atomic E-state index is -0.409. The number of H-pyrrole nitrogens is 2. The molecule has 2 saturated heterocycles. The SMILES string of the molecule is Cc1cc(C2SC(CC(=O)N3CCC(n4cc(-c5ccccc5)[nH]c4=O)CC3)C(=O)N2CCC(C)C)cc2cn[nH]c12. The van der Waals surface area contributed by atoms with Crippen LogP contribution in [0.2, 0.25) is 0 Å². The number of piperidine rings is 1. The van der Waals surface area contributed by atoms with Gasteiger partial charge in [0, 0.05) is 43.7 Å². The molecule has 2 N–H and O–H groups in total. The first-order valence-electron chi connectivity index (χ1n) is 14.8. The molecule has 2 atom stereocenters. The van der Waals surface area contributed by atoms with E-state index in [-0.39, 0.29) is 35.3 Å². The van der Waals surface area contributed by atoms with Gasteiger partial charge in [0.1, 0.15) is 5.37 Å². The highest BCUT2D eigenvalue weighted by atomic mass is 32.2. The van der Waals surface area contributed by atoms with E-state index in [9.17, 15) is 14.4 Å². The van der Waals surface area contributed by atoms with Gasteiger partial charge in [-0.15, -0.1) is 11.8 Å². The first-order chi connectivity index (χ1) is 20.3. The maximum atomic E-state index is 13.7. The van der Waals surface area contributed by atoms with Gasteiger partial charge in [-0.25, -0.2) is 4.79 Å². The molecule has 0 aliphatic carbocycles. The molecule has 2 aliphatic rings. The summed E-state index contributed by atoms with van der Waals surface area (Å²) in [6.07, 6.45) is 6.22. The van der Waals surface area contributed by atoms with Crippen molar-refractivity contribution in [2.24, 2.45) is 5.92 Å². The number of likely N-dealkylation sites (tertiary alicyclic amines) is 1. The van der Waals surface area contributed by atoms with E-state index in [1.54, 1.807) is 16.3 Å². The number of aromatic nitrogens is 4. The molecule has 2 aliphatic heterocycles. The number of hydrogen-bond acceptors (Lipinski definition) is 5. The molecule has 6 rings (SSSR count). The number of imidazole rings is 1. The molecule has 0 spiro atoms. The predicted molar refractivity (Wildman–Crippen MR) is 166 cm³/mol. The van der Waals surface area contributed by atoms with Crippen LogP contribution in [0, 0.1) is 12.8 Å². The molecular formula is C32H38N6O3S. The summed E-state index contributed by atoms with van der Waals surface area (Å²) in [5.74, 6) is 0.530. The predicted octanol–water partition coefficient (Wildman–Crippen LogP) is 5.27. The number of rotatable bonds is 8. The largest absolute Gasteiger partial charge is 0.342 e. The number of carbonyl (C=O) groups excluding carboxylic acids is 2. The third kappa shape index (κ3) is 5.64. The Bertz CT molecular complexity index is 1630. The summed E-state index contributed by atoms with van der Waals surface area (Å²) >= 11 is 1.59. The Balaban J connectivity index is 1.12. The van der Waals surface area contributed by atoms with Gasteiger partial charge in [-0.05, 0) is 54.9 Å². The quantitative estimate of drug-likeness (QED) is 0.293. The molecule has 2 aromatic carbocycles. The van der Waals surface area contributed by atoms with E-state index in [2.05, 4.69) is 48.1 Å². The molecule has 42 heavy (non-hydrogen) atoms. The number of fused-ring (bicyclic) bond motifs is 1. The standard InChI is InChI=1S/C32H38N6O3S/c1-20(2)9-14-37-30(40)27(42-31(37)23-15-21(3)29-24(16-23)18-33-35-29)17-28(39)36-12-10-25(11-13-36)38-19-26(34-32(38)41)22-7-5-4-6-8-22/h4-8,15-16,18-20,25,27,31H,9-14,17H2,1-3H3,(H,33,35)(H,34,41). The second kappa shape index (κ2) is 11.8. The Labute approximate surface area is 249 Å². The van der Waals surface area contributed by atoms with Crippen molar-refractivity contribution in [1.29, 1.82) is 0 Å². The molecule has 220 valence electrons. The van der Waals surface area contributed by atoms with Crippen LogP contribution in [0.15, 0.2) is 59.7 Å². The second-order valence-corrected chi connectivity index (χ2v) is 13.2. The molecule has 4 heterocycles. The van der Waals surface area contributed by atoms with Crippen LogP contribution in [0.5, 0.6) is 0 Å². The van der Waals surface area contributed by atoms with E-state index in [0.717, 1.165) is 39.7 Å². The van der Waals surface area contributed by atoms with E-state index >= 15 is 0 Å². The van der Waals surface area contributed by atoms with Gasteiger partial charge in [0.15, 0.2) is 0 Å². The van der Waals surface area contributed by atoms with Gasteiger partial charge >= 0.3 is 5.69 Å². The molecule has 4 aromatic rings. The number of nitrogens with zero attached hydrogens (tertiary/aromatic N) is 4. The molecule has 0 radical (unpaired) electrons. The van der Waals surface area contributed by atoms with Gasteiger partial charge in [-0.1, -0.05) is 50.2 Å². The van der Waals surface area contributed by atoms with Gasteiger partial charge in [-0.2, -0.15) is 5.10 Å². The first kappa shape index (κ1) is 28.3. The highest BCUT2D eigenvalue weighted by molar-refractivity contribution is 8.01. The smallest absolute Gasteiger partial charge is 0.326 e. The fourth-order valence-corrected chi connectivity index (χ4v) is 7.59. The normalized spacial score (nSPS) is 19.9. The van der Waals surface area contributed by atoms with Gasteiger partial charge in [-0.3, -0.25) is 19.3 Å². The zero-order chi connectivity index (χ0) is 29.4. The monoisotopic (exact) mass is 586 g/mol. The van der Waals surface area contributed by atoms with Crippen molar-refractivity contribution < 1.29 is 9.59 Å². The van der Waals surface area contributed by atoms with Crippen LogP contribution >= 0.6 is 11.8 Å². The van der Waals surface area contributed by atoms with Crippen LogP contribution < -0.4 is 5.69 Å².